The molecule has 9 heteroatoms. The number of halogens is 1. The minimum absolute atomic E-state index is 0.209. The highest BCUT2D eigenvalue weighted by Gasteiger charge is 2.28. The van der Waals surface area contributed by atoms with Crippen LogP contribution in [0.2, 0.25) is 0 Å². The molecule has 0 aliphatic rings. The molecule has 1 heterocycles. The highest BCUT2D eigenvalue weighted by Crippen LogP contribution is 2.33. The number of nitrogens with one attached hydrogen (secondary N) is 1. The molecule has 1 amide bonds. The molecule has 0 spiro atoms. The van der Waals surface area contributed by atoms with E-state index in [1.165, 1.54) is 25.2 Å². The Bertz CT molecular complexity index is 1560. The molecule has 1 aromatic heterocycles. The summed E-state index contributed by atoms with van der Waals surface area (Å²) in [4.78, 5) is 13.2. The first-order chi connectivity index (χ1) is 18.3. The highest BCUT2D eigenvalue weighted by molar-refractivity contribution is 7.92. The average molecular weight is 551 g/mol. The molecule has 0 fully saturated rings. The van der Waals surface area contributed by atoms with Crippen LogP contribution in [0.5, 0.6) is 0 Å². The molecule has 0 aliphatic heterocycles. The number of nitrogens with zero attached hydrogens (tertiary/aromatic N) is 1. The molecule has 0 aliphatic carbocycles. The van der Waals surface area contributed by atoms with Gasteiger partial charge in [0, 0.05) is 24.6 Å². The first kappa shape index (κ1) is 28.1. The second-order valence-electron chi connectivity index (χ2n) is 9.85. The van der Waals surface area contributed by atoms with Gasteiger partial charge < -0.3 is 14.8 Å². The number of hydrogen-bond acceptors (Lipinski definition) is 5. The Morgan fingerprint density at radius 1 is 1.05 bits per heavy atom. The van der Waals surface area contributed by atoms with Crippen LogP contribution in [0.3, 0.4) is 0 Å². The van der Waals surface area contributed by atoms with E-state index in [1.54, 1.807) is 50.2 Å². The van der Waals surface area contributed by atoms with Crippen molar-refractivity contribution in [3.05, 3.63) is 113 Å². The summed E-state index contributed by atoms with van der Waals surface area (Å²) in [6, 6.07) is 22.9. The summed E-state index contributed by atoms with van der Waals surface area (Å²) in [5.74, 6) is -0.124. The van der Waals surface area contributed by atoms with Crippen molar-refractivity contribution >= 4 is 21.6 Å². The monoisotopic (exact) mass is 550 g/mol. The number of amides is 1. The van der Waals surface area contributed by atoms with Crippen LogP contribution in [-0.4, -0.2) is 32.7 Å². The quantitative estimate of drug-likeness (QED) is 0.290. The van der Waals surface area contributed by atoms with Gasteiger partial charge >= 0.3 is 0 Å². The molecule has 2 N–H and O–H groups in total. The van der Waals surface area contributed by atoms with Gasteiger partial charge in [-0.05, 0) is 67.4 Å². The van der Waals surface area contributed by atoms with Crippen LogP contribution in [-0.2, 0) is 22.0 Å². The Labute approximate surface area is 228 Å². The van der Waals surface area contributed by atoms with Crippen LogP contribution in [0.1, 0.15) is 47.1 Å². The van der Waals surface area contributed by atoms with Gasteiger partial charge in [0.25, 0.3) is 5.91 Å². The van der Waals surface area contributed by atoms with E-state index in [0.29, 0.717) is 29.1 Å². The van der Waals surface area contributed by atoms with Crippen LogP contribution >= 0.6 is 0 Å². The van der Waals surface area contributed by atoms with Crippen molar-refractivity contribution in [3.8, 4) is 11.3 Å². The number of sulfonamides is 1. The number of benzene rings is 3. The van der Waals surface area contributed by atoms with Crippen molar-refractivity contribution in [3.63, 3.8) is 0 Å². The maximum atomic E-state index is 13.3. The Hall–Kier alpha value is -3.95. The van der Waals surface area contributed by atoms with Gasteiger partial charge in [-0.3, -0.25) is 9.10 Å². The largest absolute Gasteiger partial charge is 0.458 e. The van der Waals surface area contributed by atoms with E-state index in [0.717, 1.165) is 16.1 Å². The van der Waals surface area contributed by atoms with E-state index in [4.69, 9.17) is 4.42 Å². The lowest BCUT2D eigenvalue weighted by atomic mass is 9.94. The predicted octanol–water partition coefficient (Wildman–Crippen LogP) is 5.42. The van der Waals surface area contributed by atoms with E-state index in [9.17, 15) is 22.7 Å². The SMILES string of the molecule is C[C@@H](NC(=O)c1cc(-c2ccc(C(C)(O)Cc3ccccc3)o2)cc(N(C)S(C)(=O)=O)c1)c1ccc(F)cc1. The Balaban J connectivity index is 1.67. The van der Waals surface area contributed by atoms with Crippen LogP contribution in [0.25, 0.3) is 11.3 Å². The minimum atomic E-state index is -3.62. The number of hydrogen-bond donors (Lipinski definition) is 2. The van der Waals surface area contributed by atoms with E-state index in [-0.39, 0.29) is 17.1 Å². The molecule has 7 nitrogen and oxygen atoms in total. The maximum absolute atomic E-state index is 13.3. The fourth-order valence-corrected chi connectivity index (χ4v) is 4.72. The van der Waals surface area contributed by atoms with Crippen molar-refractivity contribution in [2.24, 2.45) is 0 Å². The number of carbonyl (C=O) groups is 1. The summed E-state index contributed by atoms with van der Waals surface area (Å²) >= 11 is 0. The van der Waals surface area contributed by atoms with Crippen molar-refractivity contribution in [2.45, 2.75) is 31.9 Å². The Morgan fingerprint density at radius 3 is 2.36 bits per heavy atom. The zero-order valence-electron chi connectivity index (χ0n) is 22.2. The molecule has 2 atom stereocenters. The van der Waals surface area contributed by atoms with Gasteiger partial charge in [0.2, 0.25) is 10.0 Å². The number of aliphatic hydroxyl groups is 1. The molecular formula is C30H31FN2O5S. The second-order valence-corrected chi connectivity index (χ2v) is 11.9. The van der Waals surface area contributed by atoms with E-state index >= 15 is 0 Å². The van der Waals surface area contributed by atoms with E-state index in [1.807, 2.05) is 30.3 Å². The van der Waals surface area contributed by atoms with Gasteiger partial charge in [-0.15, -0.1) is 0 Å². The third kappa shape index (κ3) is 6.74. The molecule has 0 bridgehead atoms. The topological polar surface area (TPSA) is 99.8 Å². The summed E-state index contributed by atoms with van der Waals surface area (Å²) in [6.45, 7) is 3.43. The first-order valence-electron chi connectivity index (χ1n) is 12.4. The third-order valence-electron chi connectivity index (χ3n) is 6.57. The lowest BCUT2D eigenvalue weighted by Gasteiger charge is -2.21. The van der Waals surface area contributed by atoms with Gasteiger partial charge in [-0.1, -0.05) is 42.5 Å². The molecular weight excluding hydrogens is 519 g/mol. The zero-order valence-corrected chi connectivity index (χ0v) is 23.0. The average Bonchev–Trinajstić information content (AvgIpc) is 3.40. The summed E-state index contributed by atoms with van der Waals surface area (Å²) in [6.07, 6.45) is 1.40. The maximum Gasteiger partial charge on any atom is 0.251 e. The number of carbonyl (C=O) groups excluding carboxylic acids is 1. The molecule has 3 aromatic carbocycles. The smallest absolute Gasteiger partial charge is 0.251 e. The lowest BCUT2D eigenvalue weighted by molar-refractivity contribution is 0.0350. The van der Waals surface area contributed by atoms with Crippen LogP contribution in [0.4, 0.5) is 10.1 Å². The first-order valence-corrected chi connectivity index (χ1v) is 14.2. The van der Waals surface area contributed by atoms with E-state index in [2.05, 4.69) is 5.32 Å². The summed E-state index contributed by atoms with van der Waals surface area (Å²) in [7, 11) is -2.23. The highest BCUT2D eigenvalue weighted by atomic mass is 32.2. The second kappa shape index (κ2) is 11.0. The molecule has 204 valence electrons. The summed E-state index contributed by atoms with van der Waals surface area (Å²) in [5.41, 5.74) is 1.29. The molecule has 0 radical (unpaired) electrons. The minimum Gasteiger partial charge on any atom is -0.458 e. The summed E-state index contributed by atoms with van der Waals surface area (Å²) in [5, 5.41) is 14.0. The Kier molecular flexibility index (Phi) is 7.94. The standard InChI is InChI=1S/C30H31FN2O5S/c1-20(22-10-12-25(31)13-11-22)32-29(34)24-16-23(17-26(18-24)33(3)39(4,36)37)27-14-15-28(38-27)30(2,35)19-21-8-6-5-7-9-21/h5-18,20,35H,19H2,1-4H3,(H,32,34)/t20-,30?/m1/s1. The van der Waals surface area contributed by atoms with Crippen LogP contribution < -0.4 is 9.62 Å². The van der Waals surface area contributed by atoms with Crippen LogP contribution in [0, 0.1) is 5.82 Å². The number of furan rings is 1. The van der Waals surface area contributed by atoms with Crippen molar-refractivity contribution < 1.29 is 27.1 Å². The van der Waals surface area contributed by atoms with Crippen molar-refractivity contribution in [1.29, 1.82) is 0 Å². The zero-order chi connectivity index (χ0) is 28.4. The van der Waals surface area contributed by atoms with Crippen LogP contribution in [0.15, 0.2) is 89.3 Å². The van der Waals surface area contributed by atoms with Gasteiger partial charge in [0.05, 0.1) is 18.0 Å². The number of anilines is 1. The molecule has 4 rings (SSSR count). The number of rotatable bonds is 9. The molecule has 0 saturated heterocycles. The van der Waals surface area contributed by atoms with E-state index < -0.39 is 27.6 Å². The third-order valence-corrected chi connectivity index (χ3v) is 7.78. The van der Waals surface area contributed by atoms with Gasteiger partial charge in [-0.25, -0.2) is 12.8 Å². The summed E-state index contributed by atoms with van der Waals surface area (Å²) < 4.78 is 45.0. The molecule has 39 heavy (non-hydrogen) atoms. The fourth-order valence-electron chi connectivity index (χ4n) is 4.24. The van der Waals surface area contributed by atoms with Gasteiger partial charge in [-0.2, -0.15) is 0 Å². The lowest BCUT2D eigenvalue weighted by Crippen LogP contribution is -2.28. The van der Waals surface area contributed by atoms with Crippen molar-refractivity contribution in [1.82, 2.24) is 5.32 Å². The molecule has 4 aromatic rings. The fraction of sp³-hybridized carbons (Fsp3) is 0.233. The van der Waals surface area contributed by atoms with Gasteiger partial charge in [0.15, 0.2) is 0 Å². The normalized spacial score (nSPS) is 13.9. The Morgan fingerprint density at radius 2 is 1.72 bits per heavy atom. The molecule has 1 unspecified atom stereocenters. The predicted molar refractivity (Wildman–Crippen MR) is 149 cm³/mol. The van der Waals surface area contributed by atoms with Gasteiger partial charge in [0.1, 0.15) is 22.9 Å². The van der Waals surface area contributed by atoms with Crippen molar-refractivity contribution in [2.75, 3.05) is 17.6 Å². The molecule has 0 saturated carbocycles.